The standard InChI is InChI=1S/C18H23N5O2S/c1-2-3-16-15(6-20-21-16)18(25)22-7-12-4-5-14(9-22)23(17(12)24)8-13-10-26-11-19-13/h6,10-12,14H,2-5,7-9H2,1H3,(H,20,21)/t12-,14+/m1/s1. The number of fused-ring (bicyclic) bond motifs is 4. The minimum absolute atomic E-state index is 0.0117. The molecule has 0 aromatic carbocycles. The van der Waals surface area contributed by atoms with E-state index in [4.69, 9.17) is 0 Å². The Hall–Kier alpha value is -2.22. The van der Waals surface area contributed by atoms with Crippen molar-refractivity contribution in [2.24, 2.45) is 5.92 Å². The number of piperidine rings is 1. The Morgan fingerprint density at radius 3 is 3.04 bits per heavy atom. The van der Waals surface area contributed by atoms with Gasteiger partial charge in [-0.2, -0.15) is 5.10 Å². The lowest BCUT2D eigenvalue weighted by Gasteiger charge is -2.35. The minimum Gasteiger partial charge on any atom is -0.336 e. The molecule has 0 aliphatic carbocycles. The summed E-state index contributed by atoms with van der Waals surface area (Å²) in [6, 6.07) is 0.0634. The number of aromatic amines is 1. The number of thiazole rings is 1. The molecule has 5 rings (SSSR count). The molecule has 0 unspecified atom stereocenters. The number of aryl methyl sites for hydroxylation is 1. The smallest absolute Gasteiger partial charge is 0.257 e. The van der Waals surface area contributed by atoms with Gasteiger partial charge in [0, 0.05) is 30.2 Å². The van der Waals surface area contributed by atoms with E-state index in [1.54, 1.807) is 23.0 Å². The van der Waals surface area contributed by atoms with E-state index in [1.807, 2.05) is 15.2 Å². The van der Waals surface area contributed by atoms with Gasteiger partial charge in [0.05, 0.1) is 35.4 Å². The summed E-state index contributed by atoms with van der Waals surface area (Å²) in [5, 5.41) is 8.99. The summed E-state index contributed by atoms with van der Waals surface area (Å²) in [6.07, 6.45) is 5.17. The number of rotatable bonds is 5. The van der Waals surface area contributed by atoms with E-state index in [9.17, 15) is 9.59 Å². The molecule has 7 nitrogen and oxygen atoms in total. The first kappa shape index (κ1) is 17.2. The van der Waals surface area contributed by atoms with E-state index in [0.29, 0.717) is 25.2 Å². The summed E-state index contributed by atoms with van der Waals surface area (Å²) >= 11 is 1.54. The number of nitrogens with zero attached hydrogens (tertiary/aromatic N) is 4. The molecule has 3 saturated heterocycles. The van der Waals surface area contributed by atoms with Crippen molar-refractivity contribution in [3.8, 4) is 0 Å². The second-order valence-electron chi connectivity index (χ2n) is 7.10. The molecule has 8 heteroatoms. The Kier molecular flexibility index (Phi) is 4.76. The molecule has 3 aliphatic heterocycles. The number of hydrogen-bond acceptors (Lipinski definition) is 5. The monoisotopic (exact) mass is 373 g/mol. The van der Waals surface area contributed by atoms with E-state index in [0.717, 1.165) is 37.1 Å². The second-order valence-corrected chi connectivity index (χ2v) is 7.82. The summed E-state index contributed by atoms with van der Waals surface area (Å²) < 4.78 is 0. The van der Waals surface area contributed by atoms with Gasteiger partial charge < -0.3 is 9.80 Å². The molecule has 3 fully saturated rings. The van der Waals surface area contributed by atoms with E-state index in [2.05, 4.69) is 22.1 Å². The maximum Gasteiger partial charge on any atom is 0.257 e. The van der Waals surface area contributed by atoms with Crippen molar-refractivity contribution in [3.05, 3.63) is 34.0 Å². The highest BCUT2D eigenvalue weighted by molar-refractivity contribution is 7.07. The molecule has 2 atom stereocenters. The molecule has 1 N–H and O–H groups in total. The molecule has 3 aliphatic rings. The van der Waals surface area contributed by atoms with Crippen molar-refractivity contribution in [2.75, 3.05) is 13.1 Å². The lowest BCUT2D eigenvalue weighted by atomic mass is 9.94. The molecular weight excluding hydrogens is 350 g/mol. The van der Waals surface area contributed by atoms with Gasteiger partial charge in [-0.3, -0.25) is 14.7 Å². The summed E-state index contributed by atoms with van der Waals surface area (Å²) in [5.41, 5.74) is 4.25. The quantitative estimate of drug-likeness (QED) is 0.870. The molecule has 5 heterocycles. The second kappa shape index (κ2) is 7.19. The van der Waals surface area contributed by atoms with Gasteiger partial charge in [0.15, 0.2) is 0 Å². The van der Waals surface area contributed by atoms with Crippen LogP contribution in [-0.2, 0) is 17.8 Å². The predicted molar refractivity (Wildman–Crippen MR) is 97.7 cm³/mol. The van der Waals surface area contributed by atoms with Crippen molar-refractivity contribution in [1.29, 1.82) is 0 Å². The molecular formula is C18H23N5O2S. The van der Waals surface area contributed by atoms with Gasteiger partial charge in [-0.05, 0) is 19.3 Å². The highest BCUT2D eigenvalue weighted by atomic mass is 32.1. The molecule has 138 valence electrons. The Labute approximate surface area is 156 Å². The SMILES string of the molecule is CCCc1[nH]ncc1C(=O)N1C[C@H]2CC[C@@H](C1)N(Cc1cscn1)C2=O. The lowest BCUT2D eigenvalue weighted by molar-refractivity contribution is -0.140. The van der Waals surface area contributed by atoms with Crippen molar-refractivity contribution >= 4 is 23.2 Å². The van der Waals surface area contributed by atoms with Crippen LogP contribution in [0.4, 0.5) is 0 Å². The Balaban J connectivity index is 1.54. The lowest BCUT2D eigenvalue weighted by Crippen LogP contribution is -2.47. The van der Waals surface area contributed by atoms with E-state index < -0.39 is 0 Å². The third kappa shape index (κ3) is 3.13. The fraction of sp³-hybridized carbons (Fsp3) is 0.556. The van der Waals surface area contributed by atoms with Gasteiger partial charge in [-0.1, -0.05) is 13.3 Å². The van der Waals surface area contributed by atoms with E-state index in [-0.39, 0.29) is 23.8 Å². The molecule has 2 bridgehead atoms. The van der Waals surface area contributed by atoms with Crippen LogP contribution in [0.15, 0.2) is 17.1 Å². The Morgan fingerprint density at radius 2 is 2.27 bits per heavy atom. The van der Waals surface area contributed by atoms with Crippen LogP contribution in [0.2, 0.25) is 0 Å². The zero-order valence-corrected chi connectivity index (χ0v) is 15.7. The van der Waals surface area contributed by atoms with Crippen molar-refractivity contribution < 1.29 is 9.59 Å². The maximum absolute atomic E-state index is 13.1. The van der Waals surface area contributed by atoms with Crippen LogP contribution in [0, 0.1) is 5.92 Å². The van der Waals surface area contributed by atoms with Crippen LogP contribution < -0.4 is 0 Å². The third-order valence-electron chi connectivity index (χ3n) is 5.35. The van der Waals surface area contributed by atoms with Crippen LogP contribution in [0.25, 0.3) is 0 Å². The number of H-pyrrole nitrogens is 1. The molecule has 0 radical (unpaired) electrons. The van der Waals surface area contributed by atoms with Gasteiger partial charge in [0.25, 0.3) is 5.91 Å². The predicted octanol–water partition coefficient (Wildman–Crippen LogP) is 2.08. The number of nitrogens with one attached hydrogen (secondary N) is 1. The highest BCUT2D eigenvalue weighted by Gasteiger charge is 2.42. The van der Waals surface area contributed by atoms with Crippen LogP contribution in [0.5, 0.6) is 0 Å². The van der Waals surface area contributed by atoms with Crippen LogP contribution >= 0.6 is 11.3 Å². The number of hydrogen-bond donors (Lipinski definition) is 1. The summed E-state index contributed by atoms with van der Waals surface area (Å²) in [5.74, 6) is 0.0331. The zero-order chi connectivity index (χ0) is 18.1. The van der Waals surface area contributed by atoms with Crippen molar-refractivity contribution in [1.82, 2.24) is 25.0 Å². The van der Waals surface area contributed by atoms with Gasteiger partial charge >= 0.3 is 0 Å². The molecule has 26 heavy (non-hydrogen) atoms. The number of carbonyl (C=O) groups is 2. The van der Waals surface area contributed by atoms with Gasteiger partial charge in [-0.15, -0.1) is 11.3 Å². The highest BCUT2D eigenvalue weighted by Crippen LogP contribution is 2.31. The maximum atomic E-state index is 13.1. The van der Waals surface area contributed by atoms with Gasteiger partial charge in [0.2, 0.25) is 5.91 Å². The fourth-order valence-electron chi connectivity index (χ4n) is 4.01. The molecule has 2 aromatic rings. The summed E-state index contributed by atoms with van der Waals surface area (Å²) in [7, 11) is 0. The first-order chi connectivity index (χ1) is 12.7. The fourth-order valence-corrected chi connectivity index (χ4v) is 4.56. The number of amides is 2. The molecule has 2 aromatic heterocycles. The summed E-state index contributed by atoms with van der Waals surface area (Å²) in [4.78, 5) is 34.1. The molecule has 0 spiro atoms. The third-order valence-corrected chi connectivity index (χ3v) is 5.98. The largest absolute Gasteiger partial charge is 0.336 e. The topological polar surface area (TPSA) is 82.2 Å². The van der Waals surface area contributed by atoms with Crippen LogP contribution in [0.1, 0.15) is 47.9 Å². The van der Waals surface area contributed by atoms with Gasteiger partial charge in [-0.25, -0.2) is 4.98 Å². The van der Waals surface area contributed by atoms with Crippen LogP contribution in [0.3, 0.4) is 0 Å². The summed E-state index contributed by atoms with van der Waals surface area (Å²) in [6.45, 7) is 3.70. The Bertz CT molecular complexity index is 787. The normalized spacial score (nSPS) is 22.7. The molecule has 2 amide bonds. The number of aromatic nitrogens is 3. The average molecular weight is 373 g/mol. The van der Waals surface area contributed by atoms with Crippen LogP contribution in [-0.4, -0.2) is 55.9 Å². The minimum atomic E-state index is -0.113. The Morgan fingerprint density at radius 1 is 1.38 bits per heavy atom. The first-order valence-electron chi connectivity index (χ1n) is 9.16. The number of carbonyl (C=O) groups excluding carboxylic acids is 2. The van der Waals surface area contributed by atoms with Crippen molar-refractivity contribution in [2.45, 2.75) is 45.2 Å². The average Bonchev–Trinajstić information content (AvgIpc) is 3.24. The van der Waals surface area contributed by atoms with E-state index >= 15 is 0 Å². The van der Waals surface area contributed by atoms with E-state index in [1.165, 1.54) is 0 Å². The zero-order valence-electron chi connectivity index (χ0n) is 14.9. The van der Waals surface area contributed by atoms with Gasteiger partial charge in [0.1, 0.15) is 0 Å². The van der Waals surface area contributed by atoms with Crippen molar-refractivity contribution in [3.63, 3.8) is 0 Å². The molecule has 0 saturated carbocycles. The first-order valence-corrected chi connectivity index (χ1v) is 10.1.